The smallest absolute Gasteiger partial charge is 0.260 e. The third kappa shape index (κ3) is 3.97. The van der Waals surface area contributed by atoms with Crippen LogP contribution in [0.25, 0.3) is 10.2 Å². The van der Waals surface area contributed by atoms with Gasteiger partial charge in [-0.25, -0.2) is 4.98 Å². The van der Waals surface area contributed by atoms with Crippen LogP contribution >= 0.6 is 23.1 Å². The minimum atomic E-state index is -0.471. The van der Waals surface area contributed by atoms with Gasteiger partial charge in [0.1, 0.15) is 4.83 Å². The fraction of sp³-hybridized carbons (Fsp3) is 0.176. The van der Waals surface area contributed by atoms with Gasteiger partial charge in [-0.2, -0.15) is 0 Å². The Bertz CT molecular complexity index is 1010. The van der Waals surface area contributed by atoms with E-state index in [1.54, 1.807) is 42.6 Å². The maximum atomic E-state index is 12.4. The van der Waals surface area contributed by atoms with Crippen LogP contribution in [0.4, 0.5) is 5.69 Å². The Labute approximate surface area is 151 Å². The van der Waals surface area contributed by atoms with E-state index in [0.29, 0.717) is 26.6 Å². The van der Waals surface area contributed by atoms with E-state index in [4.69, 9.17) is 0 Å². The molecule has 1 aromatic carbocycles. The van der Waals surface area contributed by atoms with Crippen LogP contribution in [0.5, 0.6) is 0 Å². The Kier molecular flexibility index (Phi) is 5.00. The fourth-order valence-electron chi connectivity index (χ4n) is 2.18. The molecule has 0 fully saturated rings. The highest BCUT2D eigenvalue weighted by molar-refractivity contribution is 8.00. The normalized spacial score (nSPS) is 12.1. The van der Waals surface area contributed by atoms with Gasteiger partial charge in [0.05, 0.1) is 10.6 Å². The third-order valence-electron chi connectivity index (χ3n) is 3.51. The number of rotatable bonds is 5. The van der Waals surface area contributed by atoms with Crippen LogP contribution in [-0.2, 0) is 4.79 Å². The van der Waals surface area contributed by atoms with Crippen LogP contribution in [0.2, 0.25) is 0 Å². The van der Waals surface area contributed by atoms with E-state index < -0.39 is 5.25 Å². The Hall–Kier alpha value is -2.45. The molecule has 128 valence electrons. The number of amides is 1. The largest absolute Gasteiger partial charge is 0.325 e. The average molecular weight is 373 g/mol. The van der Waals surface area contributed by atoms with Crippen LogP contribution < -0.4 is 10.9 Å². The minimum absolute atomic E-state index is 0.0652. The molecule has 0 spiro atoms. The average Bonchev–Trinajstić information content (AvgIpc) is 3.04. The fourth-order valence-corrected chi connectivity index (χ4v) is 3.80. The number of ketones is 1. The van der Waals surface area contributed by atoms with Crippen molar-refractivity contribution in [3.05, 3.63) is 51.6 Å². The molecule has 0 bridgehead atoms. The molecule has 0 radical (unpaired) electrons. The zero-order valence-corrected chi connectivity index (χ0v) is 15.2. The second-order valence-corrected chi connectivity index (χ2v) is 7.62. The molecule has 0 saturated heterocycles. The number of H-pyrrole nitrogens is 1. The van der Waals surface area contributed by atoms with Crippen LogP contribution in [0.1, 0.15) is 24.2 Å². The van der Waals surface area contributed by atoms with Crippen molar-refractivity contribution in [2.75, 3.05) is 5.32 Å². The molecule has 1 atom stereocenters. The molecule has 0 aliphatic carbocycles. The Morgan fingerprint density at radius 2 is 2.12 bits per heavy atom. The van der Waals surface area contributed by atoms with E-state index in [-0.39, 0.29) is 17.2 Å². The molecule has 0 saturated carbocycles. The molecule has 8 heteroatoms. The van der Waals surface area contributed by atoms with Gasteiger partial charge in [-0.3, -0.25) is 14.4 Å². The second-order valence-electron chi connectivity index (χ2n) is 5.40. The first kappa shape index (κ1) is 17.4. The first-order valence-corrected chi connectivity index (χ1v) is 9.26. The maximum Gasteiger partial charge on any atom is 0.260 e. The first-order chi connectivity index (χ1) is 11.9. The quantitative estimate of drug-likeness (QED) is 0.407. The molecule has 6 nitrogen and oxygen atoms in total. The van der Waals surface area contributed by atoms with Crippen molar-refractivity contribution in [2.45, 2.75) is 24.3 Å². The van der Waals surface area contributed by atoms with Gasteiger partial charge in [0.25, 0.3) is 5.56 Å². The summed E-state index contributed by atoms with van der Waals surface area (Å²) in [5.41, 5.74) is 0.878. The molecule has 2 aromatic heterocycles. The number of fused-ring (bicyclic) bond motifs is 1. The summed E-state index contributed by atoms with van der Waals surface area (Å²) < 4.78 is 0. The molecule has 1 amide bonds. The molecular formula is C17H15N3O3S2. The number of benzene rings is 1. The minimum Gasteiger partial charge on any atom is -0.325 e. The van der Waals surface area contributed by atoms with Crippen molar-refractivity contribution in [1.82, 2.24) is 9.97 Å². The van der Waals surface area contributed by atoms with Gasteiger partial charge in [-0.15, -0.1) is 11.3 Å². The molecule has 0 aliphatic rings. The van der Waals surface area contributed by atoms with E-state index in [2.05, 4.69) is 15.3 Å². The molecule has 0 aliphatic heterocycles. The van der Waals surface area contributed by atoms with Crippen LogP contribution in [0, 0.1) is 0 Å². The summed E-state index contributed by atoms with van der Waals surface area (Å²) >= 11 is 2.56. The van der Waals surface area contributed by atoms with Crippen molar-refractivity contribution < 1.29 is 9.59 Å². The van der Waals surface area contributed by atoms with Crippen LogP contribution in [0.3, 0.4) is 0 Å². The van der Waals surface area contributed by atoms with Crippen molar-refractivity contribution in [1.29, 1.82) is 0 Å². The van der Waals surface area contributed by atoms with Gasteiger partial charge in [0, 0.05) is 11.3 Å². The standard InChI is InChI=1S/C17H15N3O3S2/c1-9(21)11-4-3-5-12(8-11)18-14(22)10(2)25-17-19-15(23)13-6-7-24-16(13)20-17/h3-8,10H,1-2H3,(H,18,22)(H,19,20,23). The summed E-state index contributed by atoms with van der Waals surface area (Å²) in [7, 11) is 0. The Balaban J connectivity index is 1.72. The number of nitrogens with one attached hydrogen (secondary N) is 2. The lowest BCUT2D eigenvalue weighted by Crippen LogP contribution is -2.23. The number of aromatic amines is 1. The van der Waals surface area contributed by atoms with Crippen molar-refractivity contribution in [3.63, 3.8) is 0 Å². The maximum absolute atomic E-state index is 12.4. The van der Waals surface area contributed by atoms with Gasteiger partial charge in [-0.1, -0.05) is 23.9 Å². The van der Waals surface area contributed by atoms with E-state index in [9.17, 15) is 14.4 Å². The Morgan fingerprint density at radius 1 is 1.32 bits per heavy atom. The summed E-state index contributed by atoms with van der Waals surface area (Å²) in [6.45, 7) is 3.20. The van der Waals surface area contributed by atoms with Crippen LogP contribution in [0.15, 0.2) is 45.7 Å². The molecule has 3 aromatic rings. The second kappa shape index (κ2) is 7.20. The van der Waals surface area contributed by atoms with E-state index >= 15 is 0 Å². The highest BCUT2D eigenvalue weighted by atomic mass is 32.2. The van der Waals surface area contributed by atoms with E-state index in [0.717, 1.165) is 0 Å². The monoisotopic (exact) mass is 373 g/mol. The zero-order valence-electron chi connectivity index (χ0n) is 13.5. The van der Waals surface area contributed by atoms with Gasteiger partial charge < -0.3 is 10.3 Å². The first-order valence-electron chi connectivity index (χ1n) is 7.50. The number of hydrogen-bond acceptors (Lipinski definition) is 6. The number of carbonyl (C=O) groups is 2. The predicted molar refractivity (Wildman–Crippen MR) is 101 cm³/mol. The number of thioether (sulfide) groups is 1. The number of nitrogens with zero attached hydrogens (tertiary/aromatic N) is 1. The molecule has 3 rings (SSSR count). The van der Waals surface area contributed by atoms with Gasteiger partial charge in [0.2, 0.25) is 5.91 Å². The van der Waals surface area contributed by atoms with E-state index in [1.165, 1.54) is 30.0 Å². The van der Waals surface area contributed by atoms with Gasteiger partial charge in [-0.05, 0) is 37.4 Å². The number of carbonyl (C=O) groups excluding carboxylic acids is 2. The van der Waals surface area contributed by atoms with E-state index in [1.807, 2.05) is 0 Å². The highest BCUT2D eigenvalue weighted by Gasteiger charge is 2.17. The van der Waals surface area contributed by atoms with Crippen molar-refractivity contribution in [2.24, 2.45) is 0 Å². The number of aromatic nitrogens is 2. The topological polar surface area (TPSA) is 91.9 Å². The zero-order chi connectivity index (χ0) is 18.0. The summed E-state index contributed by atoms with van der Waals surface area (Å²) in [4.78, 5) is 43.4. The predicted octanol–water partition coefficient (Wildman–Crippen LogP) is 3.31. The number of Topliss-reactive ketones (excluding diaryl/α,β-unsaturated/α-hetero) is 1. The lowest BCUT2D eigenvalue weighted by molar-refractivity contribution is -0.115. The Morgan fingerprint density at radius 3 is 2.88 bits per heavy atom. The summed E-state index contributed by atoms with van der Waals surface area (Å²) in [6.07, 6.45) is 0. The molecule has 1 unspecified atom stereocenters. The lowest BCUT2D eigenvalue weighted by atomic mass is 10.1. The third-order valence-corrected chi connectivity index (χ3v) is 5.30. The summed E-state index contributed by atoms with van der Waals surface area (Å²) in [5.74, 6) is -0.302. The number of anilines is 1. The molecule has 25 heavy (non-hydrogen) atoms. The molecule has 2 heterocycles. The lowest BCUT2D eigenvalue weighted by Gasteiger charge is -2.12. The van der Waals surface area contributed by atoms with Gasteiger partial charge in [0.15, 0.2) is 10.9 Å². The van der Waals surface area contributed by atoms with Gasteiger partial charge >= 0.3 is 0 Å². The van der Waals surface area contributed by atoms with Crippen molar-refractivity contribution >= 4 is 50.7 Å². The SMILES string of the molecule is CC(=O)c1cccc(NC(=O)C(C)Sc2nc3sccc3c(=O)[nH]2)c1. The van der Waals surface area contributed by atoms with Crippen LogP contribution in [-0.4, -0.2) is 26.9 Å². The summed E-state index contributed by atoms with van der Waals surface area (Å²) in [6, 6.07) is 8.49. The molecular weight excluding hydrogens is 358 g/mol. The highest BCUT2D eigenvalue weighted by Crippen LogP contribution is 2.23. The number of hydrogen-bond donors (Lipinski definition) is 2. The van der Waals surface area contributed by atoms with Crippen molar-refractivity contribution in [3.8, 4) is 0 Å². The summed E-state index contributed by atoms with van der Waals surface area (Å²) in [5, 5.41) is 5.06. The number of thiophene rings is 1. The molecule has 2 N–H and O–H groups in total.